The highest BCUT2D eigenvalue weighted by Crippen LogP contribution is 2.30. The highest BCUT2D eigenvalue weighted by Gasteiger charge is 2.21. The van der Waals surface area contributed by atoms with Crippen molar-refractivity contribution in [3.8, 4) is 11.5 Å². The molecule has 1 amide bonds. The van der Waals surface area contributed by atoms with Crippen LogP contribution in [0.1, 0.15) is 25.3 Å². The number of hydrogen-bond acceptors (Lipinski definition) is 4. The van der Waals surface area contributed by atoms with Gasteiger partial charge in [0, 0.05) is 44.0 Å². The van der Waals surface area contributed by atoms with Gasteiger partial charge < -0.3 is 25.0 Å². The number of carbonyl (C=O) groups is 1. The van der Waals surface area contributed by atoms with E-state index in [0.29, 0.717) is 37.0 Å². The molecule has 2 aromatic rings. The Morgan fingerprint density at radius 3 is 2.53 bits per heavy atom. The van der Waals surface area contributed by atoms with Crippen molar-refractivity contribution >= 4 is 47.2 Å². The van der Waals surface area contributed by atoms with Crippen LogP contribution in [0.15, 0.2) is 47.5 Å². The van der Waals surface area contributed by atoms with E-state index in [4.69, 9.17) is 9.47 Å². The van der Waals surface area contributed by atoms with Gasteiger partial charge in [0.05, 0.1) is 13.7 Å². The van der Waals surface area contributed by atoms with Crippen LogP contribution in [0.25, 0.3) is 0 Å². The van der Waals surface area contributed by atoms with E-state index in [0.717, 1.165) is 29.9 Å². The van der Waals surface area contributed by atoms with E-state index < -0.39 is 0 Å². The molecule has 1 saturated heterocycles. The second kappa shape index (κ2) is 11.6. The smallest absolute Gasteiger partial charge is 0.227 e. The summed E-state index contributed by atoms with van der Waals surface area (Å²) < 4.78 is 10.9. The first-order chi connectivity index (χ1) is 14.1. The Hall–Kier alpha value is -2.49. The van der Waals surface area contributed by atoms with Gasteiger partial charge in [0.25, 0.3) is 0 Å². The van der Waals surface area contributed by atoms with Crippen molar-refractivity contribution in [3.63, 3.8) is 0 Å². The summed E-state index contributed by atoms with van der Waals surface area (Å²) in [4.78, 5) is 18.0. The van der Waals surface area contributed by atoms with Gasteiger partial charge in [-0.3, -0.25) is 9.79 Å². The zero-order valence-corrected chi connectivity index (χ0v) is 19.9. The van der Waals surface area contributed by atoms with Gasteiger partial charge in [-0.25, -0.2) is 0 Å². The minimum absolute atomic E-state index is 0. The molecule has 1 fully saturated rings. The molecule has 8 heteroatoms. The summed E-state index contributed by atoms with van der Waals surface area (Å²) in [6.07, 6.45) is 1.57. The molecule has 2 aromatic carbocycles. The molecule has 1 heterocycles. The van der Waals surface area contributed by atoms with E-state index in [9.17, 15) is 4.79 Å². The number of carbonyl (C=O) groups excluding carboxylic acids is 1. The maximum absolute atomic E-state index is 11.9. The van der Waals surface area contributed by atoms with Crippen LogP contribution in [-0.2, 0) is 11.3 Å². The Balaban J connectivity index is 0.00000320. The molecular formula is C22H29IN4O3. The second-order valence-corrected chi connectivity index (χ2v) is 6.66. The zero-order valence-electron chi connectivity index (χ0n) is 17.6. The number of benzene rings is 2. The second-order valence-electron chi connectivity index (χ2n) is 6.66. The van der Waals surface area contributed by atoms with Gasteiger partial charge in [0.1, 0.15) is 0 Å². The van der Waals surface area contributed by atoms with Crippen LogP contribution >= 0.6 is 24.0 Å². The van der Waals surface area contributed by atoms with Crippen molar-refractivity contribution in [3.05, 3.63) is 48.0 Å². The quantitative estimate of drug-likeness (QED) is 0.325. The molecule has 1 aliphatic rings. The van der Waals surface area contributed by atoms with Crippen LogP contribution in [-0.4, -0.2) is 39.2 Å². The lowest BCUT2D eigenvalue weighted by Gasteiger charge is -2.17. The fraction of sp³-hybridized carbons (Fsp3) is 0.364. The third-order valence-electron chi connectivity index (χ3n) is 4.73. The van der Waals surface area contributed by atoms with Crippen LogP contribution < -0.4 is 25.0 Å². The van der Waals surface area contributed by atoms with Crippen LogP contribution in [0.5, 0.6) is 11.5 Å². The Kier molecular flexibility index (Phi) is 9.22. The lowest BCUT2D eigenvalue weighted by atomic mass is 10.2. The fourth-order valence-electron chi connectivity index (χ4n) is 3.24. The Bertz CT molecular complexity index is 871. The maximum Gasteiger partial charge on any atom is 0.227 e. The molecule has 7 nitrogen and oxygen atoms in total. The van der Waals surface area contributed by atoms with Gasteiger partial charge in [-0.2, -0.15) is 0 Å². The SMILES string of the molecule is CCOc1cc(NC(=NC)NCc2ccc(N3CCCC3=O)cc2)ccc1OC.I. The number of ether oxygens (including phenoxy) is 2. The Morgan fingerprint density at radius 2 is 1.93 bits per heavy atom. The number of aliphatic imine (C=N–C) groups is 1. The lowest BCUT2D eigenvalue weighted by molar-refractivity contribution is -0.117. The van der Waals surface area contributed by atoms with Crippen LogP contribution in [0.3, 0.4) is 0 Å². The highest BCUT2D eigenvalue weighted by molar-refractivity contribution is 14.0. The van der Waals surface area contributed by atoms with Gasteiger partial charge in [0.2, 0.25) is 5.91 Å². The van der Waals surface area contributed by atoms with Gasteiger partial charge in [0.15, 0.2) is 17.5 Å². The topological polar surface area (TPSA) is 75.2 Å². The summed E-state index contributed by atoms with van der Waals surface area (Å²) in [6, 6.07) is 13.7. The number of nitrogens with zero attached hydrogens (tertiary/aromatic N) is 2. The van der Waals surface area contributed by atoms with E-state index >= 15 is 0 Å². The van der Waals surface area contributed by atoms with Crippen LogP contribution in [0.4, 0.5) is 11.4 Å². The van der Waals surface area contributed by atoms with E-state index in [1.54, 1.807) is 14.2 Å². The van der Waals surface area contributed by atoms with Crippen LogP contribution in [0.2, 0.25) is 0 Å². The number of halogens is 1. The summed E-state index contributed by atoms with van der Waals surface area (Å²) in [5.74, 6) is 2.22. The molecule has 162 valence electrons. The standard InChI is InChI=1S/C22H28N4O3.HI/c1-4-29-20-14-17(9-12-19(20)28-3)25-22(23-2)24-15-16-7-10-18(11-8-16)26-13-5-6-21(26)27;/h7-12,14H,4-6,13,15H2,1-3H3,(H2,23,24,25);1H. The molecule has 0 aliphatic carbocycles. The summed E-state index contributed by atoms with van der Waals surface area (Å²) in [7, 11) is 3.35. The number of guanidine groups is 1. The Morgan fingerprint density at radius 1 is 1.17 bits per heavy atom. The van der Waals surface area contributed by atoms with Crippen molar-refractivity contribution in [1.82, 2.24) is 5.32 Å². The fourth-order valence-corrected chi connectivity index (χ4v) is 3.24. The maximum atomic E-state index is 11.9. The van der Waals surface area contributed by atoms with Crippen molar-refractivity contribution in [2.75, 3.05) is 37.5 Å². The number of hydrogen-bond donors (Lipinski definition) is 2. The first-order valence-corrected chi connectivity index (χ1v) is 9.82. The van der Waals surface area contributed by atoms with Gasteiger partial charge in [-0.1, -0.05) is 12.1 Å². The molecule has 30 heavy (non-hydrogen) atoms. The third-order valence-corrected chi connectivity index (χ3v) is 4.73. The molecule has 0 atom stereocenters. The number of nitrogens with one attached hydrogen (secondary N) is 2. The summed E-state index contributed by atoms with van der Waals surface area (Å²) in [5.41, 5.74) is 2.92. The molecule has 0 unspecified atom stereocenters. The third kappa shape index (κ3) is 6.01. The van der Waals surface area contributed by atoms with Crippen molar-refractivity contribution in [2.45, 2.75) is 26.3 Å². The molecule has 1 aliphatic heterocycles. The van der Waals surface area contributed by atoms with Gasteiger partial charge in [-0.15, -0.1) is 24.0 Å². The Labute approximate surface area is 194 Å². The molecule has 0 saturated carbocycles. The molecule has 0 radical (unpaired) electrons. The average molecular weight is 524 g/mol. The van der Waals surface area contributed by atoms with Crippen molar-refractivity contribution in [1.29, 1.82) is 0 Å². The predicted molar refractivity (Wildman–Crippen MR) is 131 cm³/mol. The summed E-state index contributed by atoms with van der Waals surface area (Å²) >= 11 is 0. The molecule has 3 rings (SSSR count). The monoisotopic (exact) mass is 524 g/mol. The number of methoxy groups -OCH3 is 1. The minimum Gasteiger partial charge on any atom is -0.493 e. The largest absolute Gasteiger partial charge is 0.493 e. The highest BCUT2D eigenvalue weighted by atomic mass is 127. The molecule has 0 spiro atoms. The van der Waals surface area contributed by atoms with Crippen molar-refractivity contribution < 1.29 is 14.3 Å². The number of anilines is 2. The first kappa shape index (κ1) is 23.8. The first-order valence-electron chi connectivity index (χ1n) is 9.82. The summed E-state index contributed by atoms with van der Waals surface area (Å²) in [5, 5.41) is 6.56. The van der Waals surface area contributed by atoms with Gasteiger partial charge in [-0.05, 0) is 43.2 Å². The van der Waals surface area contributed by atoms with E-state index in [-0.39, 0.29) is 29.9 Å². The van der Waals surface area contributed by atoms with E-state index in [2.05, 4.69) is 15.6 Å². The lowest BCUT2D eigenvalue weighted by Crippen LogP contribution is -2.30. The predicted octanol–water partition coefficient (Wildman–Crippen LogP) is 4.03. The average Bonchev–Trinajstić information content (AvgIpc) is 3.18. The normalized spacial score (nSPS) is 13.6. The van der Waals surface area contributed by atoms with E-state index in [1.807, 2.05) is 54.3 Å². The molecule has 0 bridgehead atoms. The van der Waals surface area contributed by atoms with E-state index in [1.165, 1.54) is 0 Å². The molecule has 2 N–H and O–H groups in total. The van der Waals surface area contributed by atoms with Crippen LogP contribution in [0, 0.1) is 0 Å². The number of rotatable bonds is 7. The molecular weight excluding hydrogens is 495 g/mol. The number of amides is 1. The van der Waals surface area contributed by atoms with Gasteiger partial charge >= 0.3 is 0 Å². The molecule has 0 aromatic heterocycles. The zero-order chi connectivity index (χ0) is 20.6. The minimum atomic E-state index is 0. The summed E-state index contributed by atoms with van der Waals surface area (Å²) in [6.45, 7) is 3.91. The van der Waals surface area contributed by atoms with Crippen molar-refractivity contribution in [2.24, 2.45) is 4.99 Å².